The van der Waals surface area contributed by atoms with Crippen molar-refractivity contribution in [1.29, 1.82) is 0 Å². The summed E-state index contributed by atoms with van der Waals surface area (Å²) in [5.74, 6) is 4.83. The Kier molecular flexibility index (Phi) is 4.15. The summed E-state index contributed by atoms with van der Waals surface area (Å²) < 4.78 is 0. The largest absolute Gasteiger partial charge is 0.322 e. The summed E-state index contributed by atoms with van der Waals surface area (Å²) in [6.45, 7) is 1.93. The number of nitro groups is 1. The van der Waals surface area contributed by atoms with E-state index in [0.29, 0.717) is 5.69 Å². The molecule has 0 spiro atoms. The van der Waals surface area contributed by atoms with E-state index in [2.05, 4.69) is 10.7 Å². The summed E-state index contributed by atoms with van der Waals surface area (Å²) >= 11 is 0. The van der Waals surface area contributed by atoms with Crippen LogP contribution in [0.5, 0.6) is 0 Å². The number of nitrogens with two attached hydrogens (primary N) is 1. The first kappa shape index (κ1) is 14.5. The molecule has 0 saturated heterocycles. The molecule has 0 radical (unpaired) electrons. The Morgan fingerprint density at radius 1 is 1.19 bits per heavy atom. The van der Waals surface area contributed by atoms with Crippen molar-refractivity contribution in [3.63, 3.8) is 0 Å². The lowest BCUT2D eigenvalue weighted by atomic mass is 10.1. The van der Waals surface area contributed by atoms with E-state index in [4.69, 9.17) is 5.84 Å². The molecule has 0 saturated carbocycles. The fourth-order valence-corrected chi connectivity index (χ4v) is 1.87. The van der Waals surface area contributed by atoms with E-state index in [1.165, 1.54) is 18.2 Å². The van der Waals surface area contributed by atoms with Crippen LogP contribution in [0.2, 0.25) is 0 Å². The van der Waals surface area contributed by atoms with Gasteiger partial charge in [0.05, 0.1) is 10.5 Å². The lowest BCUT2D eigenvalue weighted by Gasteiger charge is -2.10. The van der Waals surface area contributed by atoms with Gasteiger partial charge in [0.2, 0.25) is 0 Å². The van der Waals surface area contributed by atoms with Gasteiger partial charge < -0.3 is 10.7 Å². The number of nitro benzene ring substituents is 1. The average molecular weight is 286 g/mol. The molecule has 0 fully saturated rings. The van der Waals surface area contributed by atoms with Crippen LogP contribution in [0, 0.1) is 17.0 Å². The van der Waals surface area contributed by atoms with Crippen molar-refractivity contribution in [2.45, 2.75) is 6.92 Å². The number of hydrogen-bond donors (Lipinski definition) is 3. The SMILES string of the molecule is Cc1ccc(NC(=O)c2cccc([N+](=O)[O-])c2NN)cc1. The van der Waals surface area contributed by atoms with Crippen LogP contribution in [-0.2, 0) is 0 Å². The molecule has 0 aromatic heterocycles. The number of anilines is 2. The van der Waals surface area contributed by atoms with E-state index >= 15 is 0 Å². The minimum absolute atomic E-state index is 0.0212. The van der Waals surface area contributed by atoms with E-state index in [9.17, 15) is 14.9 Å². The van der Waals surface area contributed by atoms with Crippen molar-refractivity contribution < 1.29 is 9.72 Å². The standard InChI is InChI=1S/C14H14N4O3/c1-9-5-7-10(8-6-9)16-14(19)11-3-2-4-12(18(20)21)13(11)17-15/h2-8,17H,15H2,1H3,(H,16,19). The predicted octanol–water partition coefficient (Wildman–Crippen LogP) is 2.44. The van der Waals surface area contributed by atoms with E-state index in [1.54, 1.807) is 12.1 Å². The summed E-state index contributed by atoms with van der Waals surface area (Å²) in [5.41, 5.74) is 3.71. The second-order valence-corrected chi connectivity index (χ2v) is 4.42. The van der Waals surface area contributed by atoms with Crippen LogP contribution in [0.25, 0.3) is 0 Å². The zero-order valence-corrected chi connectivity index (χ0v) is 11.3. The van der Waals surface area contributed by atoms with Crippen molar-refractivity contribution in [3.05, 3.63) is 63.7 Å². The van der Waals surface area contributed by atoms with Gasteiger partial charge in [-0.25, -0.2) is 0 Å². The van der Waals surface area contributed by atoms with Gasteiger partial charge in [0.15, 0.2) is 0 Å². The monoisotopic (exact) mass is 286 g/mol. The number of carbonyl (C=O) groups excluding carboxylic acids is 1. The zero-order chi connectivity index (χ0) is 15.4. The van der Waals surface area contributed by atoms with Gasteiger partial charge in [-0.15, -0.1) is 0 Å². The Balaban J connectivity index is 2.33. The third-order valence-corrected chi connectivity index (χ3v) is 2.94. The molecule has 2 rings (SSSR count). The number of carbonyl (C=O) groups is 1. The van der Waals surface area contributed by atoms with Crippen molar-refractivity contribution in [2.24, 2.45) is 5.84 Å². The lowest BCUT2D eigenvalue weighted by Crippen LogP contribution is -2.18. The molecule has 2 aromatic rings. The molecule has 0 atom stereocenters. The fraction of sp³-hybridized carbons (Fsp3) is 0.0714. The number of nitrogens with one attached hydrogen (secondary N) is 2. The van der Waals surface area contributed by atoms with E-state index < -0.39 is 10.8 Å². The molecular weight excluding hydrogens is 272 g/mol. The number of benzene rings is 2. The maximum Gasteiger partial charge on any atom is 0.294 e. The molecule has 4 N–H and O–H groups in total. The highest BCUT2D eigenvalue weighted by atomic mass is 16.6. The molecule has 1 amide bonds. The topological polar surface area (TPSA) is 110 Å². The van der Waals surface area contributed by atoms with E-state index in [-0.39, 0.29) is 16.9 Å². The van der Waals surface area contributed by atoms with Gasteiger partial charge >= 0.3 is 0 Å². The van der Waals surface area contributed by atoms with Gasteiger partial charge in [0, 0.05) is 11.8 Å². The molecule has 7 heteroatoms. The molecule has 0 aliphatic heterocycles. The third kappa shape index (κ3) is 3.15. The van der Waals surface area contributed by atoms with Crippen LogP contribution in [-0.4, -0.2) is 10.8 Å². The lowest BCUT2D eigenvalue weighted by molar-refractivity contribution is -0.384. The second kappa shape index (κ2) is 6.02. The van der Waals surface area contributed by atoms with Crippen molar-refractivity contribution in [1.82, 2.24) is 0 Å². The molecule has 21 heavy (non-hydrogen) atoms. The Labute approximate surface area is 120 Å². The smallest absolute Gasteiger partial charge is 0.294 e. The Hall–Kier alpha value is -2.93. The van der Waals surface area contributed by atoms with E-state index in [1.807, 2.05) is 19.1 Å². The number of nitrogen functional groups attached to an aromatic ring is 1. The minimum Gasteiger partial charge on any atom is -0.322 e. The second-order valence-electron chi connectivity index (χ2n) is 4.42. The number of para-hydroxylation sites is 1. The maximum absolute atomic E-state index is 12.2. The molecule has 0 bridgehead atoms. The highest BCUT2D eigenvalue weighted by molar-refractivity contribution is 6.09. The average Bonchev–Trinajstić information content (AvgIpc) is 2.48. The van der Waals surface area contributed by atoms with Gasteiger partial charge in [-0.05, 0) is 25.1 Å². The Morgan fingerprint density at radius 2 is 1.86 bits per heavy atom. The summed E-state index contributed by atoms with van der Waals surface area (Å²) in [6.07, 6.45) is 0. The number of amides is 1. The Bertz CT molecular complexity index is 683. The van der Waals surface area contributed by atoms with Gasteiger partial charge in [0.1, 0.15) is 5.69 Å². The van der Waals surface area contributed by atoms with Crippen LogP contribution < -0.4 is 16.6 Å². The summed E-state index contributed by atoms with van der Waals surface area (Å²) in [5, 5.41) is 13.6. The fourth-order valence-electron chi connectivity index (χ4n) is 1.87. The highest BCUT2D eigenvalue weighted by Gasteiger charge is 2.20. The number of hydrazine groups is 1. The molecule has 0 aliphatic rings. The molecule has 108 valence electrons. The maximum atomic E-state index is 12.2. The van der Waals surface area contributed by atoms with Gasteiger partial charge in [-0.2, -0.15) is 0 Å². The van der Waals surface area contributed by atoms with Gasteiger partial charge in [-0.1, -0.05) is 23.8 Å². The van der Waals surface area contributed by atoms with Gasteiger partial charge in [-0.3, -0.25) is 20.8 Å². The van der Waals surface area contributed by atoms with Crippen LogP contribution >= 0.6 is 0 Å². The minimum atomic E-state index is -0.599. The van der Waals surface area contributed by atoms with Crippen LogP contribution in [0.4, 0.5) is 17.1 Å². The first-order valence-corrected chi connectivity index (χ1v) is 6.15. The van der Waals surface area contributed by atoms with Crippen LogP contribution in [0.15, 0.2) is 42.5 Å². The van der Waals surface area contributed by atoms with Crippen molar-refractivity contribution >= 4 is 23.0 Å². The first-order chi connectivity index (χ1) is 10.0. The molecule has 7 nitrogen and oxygen atoms in total. The van der Waals surface area contributed by atoms with E-state index in [0.717, 1.165) is 5.56 Å². The molecular formula is C14H14N4O3. The number of aryl methyl sites for hydroxylation is 1. The predicted molar refractivity (Wildman–Crippen MR) is 80.0 cm³/mol. The molecule has 0 aliphatic carbocycles. The normalized spacial score (nSPS) is 10.0. The van der Waals surface area contributed by atoms with Crippen LogP contribution in [0.3, 0.4) is 0 Å². The molecule has 2 aromatic carbocycles. The zero-order valence-electron chi connectivity index (χ0n) is 11.3. The first-order valence-electron chi connectivity index (χ1n) is 6.15. The molecule has 0 heterocycles. The quantitative estimate of drug-likeness (QED) is 0.454. The summed E-state index contributed by atoms with van der Waals surface area (Å²) in [4.78, 5) is 22.6. The van der Waals surface area contributed by atoms with Crippen molar-refractivity contribution in [2.75, 3.05) is 10.7 Å². The number of hydrogen-bond acceptors (Lipinski definition) is 5. The third-order valence-electron chi connectivity index (χ3n) is 2.94. The number of nitrogens with zero attached hydrogens (tertiary/aromatic N) is 1. The summed E-state index contributed by atoms with van der Waals surface area (Å²) in [7, 11) is 0. The summed E-state index contributed by atoms with van der Waals surface area (Å²) in [6, 6.07) is 11.4. The van der Waals surface area contributed by atoms with Crippen molar-refractivity contribution in [3.8, 4) is 0 Å². The Morgan fingerprint density at radius 3 is 2.43 bits per heavy atom. The van der Waals surface area contributed by atoms with Gasteiger partial charge in [0.25, 0.3) is 11.6 Å². The number of rotatable bonds is 4. The highest BCUT2D eigenvalue weighted by Crippen LogP contribution is 2.27. The molecule has 0 unspecified atom stereocenters. The van der Waals surface area contributed by atoms with Crippen LogP contribution in [0.1, 0.15) is 15.9 Å².